The fourth-order valence-electron chi connectivity index (χ4n) is 9.46. The first-order valence-electron chi connectivity index (χ1n) is 29.9. The van der Waals surface area contributed by atoms with Gasteiger partial charge in [-0.3, -0.25) is 9.59 Å². The monoisotopic (exact) mass is 932 g/mol. The quantitative estimate of drug-likeness (QED) is 0.0321. The molecule has 0 aromatic rings. The molecule has 66 heavy (non-hydrogen) atoms. The third-order valence-electron chi connectivity index (χ3n) is 14.1. The van der Waals surface area contributed by atoms with Crippen molar-refractivity contribution in [2.24, 2.45) is 0 Å². The molecule has 0 saturated heterocycles. The van der Waals surface area contributed by atoms with Crippen LogP contribution in [0.15, 0.2) is 12.2 Å². The molecule has 0 aliphatic carbocycles. The zero-order chi connectivity index (χ0) is 47.9. The van der Waals surface area contributed by atoms with Crippen LogP contribution in [-0.2, 0) is 14.3 Å². The Hall–Kier alpha value is -1.40. The first-order chi connectivity index (χ1) is 32.5. The number of rotatable bonds is 56. The summed E-state index contributed by atoms with van der Waals surface area (Å²) in [6.45, 7) is 4.91. The number of hydrogen-bond acceptors (Lipinski definition) is 5. The molecule has 0 heterocycles. The predicted molar refractivity (Wildman–Crippen MR) is 287 cm³/mol. The number of esters is 1. The van der Waals surface area contributed by atoms with E-state index in [1.165, 1.54) is 225 Å². The molecule has 0 saturated carbocycles. The van der Waals surface area contributed by atoms with Crippen molar-refractivity contribution in [1.29, 1.82) is 0 Å². The van der Waals surface area contributed by atoms with Gasteiger partial charge >= 0.3 is 5.97 Å². The lowest BCUT2D eigenvalue weighted by Crippen LogP contribution is -2.45. The first kappa shape index (κ1) is 64.6. The third-order valence-corrected chi connectivity index (χ3v) is 14.1. The summed E-state index contributed by atoms with van der Waals surface area (Å²) in [7, 11) is 0. The molecular formula is C60H117NO5. The van der Waals surface area contributed by atoms with Crippen LogP contribution in [0.2, 0.25) is 0 Å². The smallest absolute Gasteiger partial charge is 0.305 e. The van der Waals surface area contributed by atoms with Crippen molar-refractivity contribution in [2.75, 3.05) is 13.2 Å². The molecule has 3 N–H and O–H groups in total. The van der Waals surface area contributed by atoms with Crippen LogP contribution in [0.1, 0.15) is 335 Å². The van der Waals surface area contributed by atoms with E-state index in [2.05, 4.69) is 31.3 Å². The van der Waals surface area contributed by atoms with E-state index in [9.17, 15) is 19.8 Å². The summed E-state index contributed by atoms with van der Waals surface area (Å²) in [4.78, 5) is 24.6. The normalized spacial score (nSPS) is 12.6. The van der Waals surface area contributed by atoms with Gasteiger partial charge in [0.15, 0.2) is 0 Å². The first-order valence-corrected chi connectivity index (χ1v) is 29.9. The molecule has 6 nitrogen and oxygen atoms in total. The van der Waals surface area contributed by atoms with E-state index in [1.54, 1.807) is 0 Å². The number of nitrogens with one attached hydrogen (secondary N) is 1. The summed E-state index contributed by atoms with van der Waals surface area (Å²) in [5.41, 5.74) is 0. The van der Waals surface area contributed by atoms with Crippen LogP contribution in [0.5, 0.6) is 0 Å². The van der Waals surface area contributed by atoms with E-state index < -0.39 is 12.1 Å². The summed E-state index contributed by atoms with van der Waals surface area (Å²) in [6.07, 6.45) is 66.4. The van der Waals surface area contributed by atoms with Crippen LogP contribution in [0.3, 0.4) is 0 Å². The molecule has 0 aromatic carbocycles. The highest BCUT2D eigenvalue weighted by Crippen LogP contribution is 2.18. The number of ether oxygens (including phenoxy) is 1. The highest BCUT2D eigenvalue weighted by molar-refractivity contribution is 5.76. The summed E-state index contributed by atoms with van der Waals surface area (Å²) in [5, 5.41) is 23.3. The van der Waals surface area contributed by atoms with Gasteiger partial charge in [-0.2, -0.15) is 0 Å². The number of hydrogen-bond donors (Lipinski definition) is 3. The van der Waals surface area contributed by atoms with Crippen LogP contribution >= 0.6 is 0 Å². The molecule has 0 aromatic heterocycles. The van der Waals surface area contributed by atoms with E-state index in [-0.39, 0.29) is 18.5 Å². The van der Waals surface area contributed by atoms with Gasteiger partial charge in [0.2, 0.25) is 5.91 Å². The van der Waals surface area contributed by atoms with Crippen molar-refractivity contribution in [2.45, 2.75) is 347 Å². The molecule has 0 fully saturated rings. The Balaban J connectivity index is 3.48. The fourth-order valence-corrected chi connectivity index (χ4v) is 9.46. The second-order valence-electron chi connectivity index (χ2n) is 20.7. The number of carbonyl (C=O) groups is 2. The van der Waals surface area contributed by atoms with Crippen molar-refractivity contribution in [3.05, 3.63) is 12.2 Å². The Bertz CT molecular complexity index is 986. The van der Waals surface area contributed by atoms with Crippen LogP contribution in [-0.4, -0.2) is 47.4 Å². The van der Waals surface area contributed by atoms with Gasteiger partial charge < -0.3 is 20.3 Å². The molecule has 0 radical (unpaired) electrons. The Morgan fingerprint density at radius 1 is 0.409 bits per heavy atom. The summed E-state index contributed by atoms with van der Waals surface area (Å²) < 4.78 is 5.45. The summed E-state index contributed by atoms with van der Waals surface area (Å²) in [6, 6.07) is -0.562. The van der Waals surface area contributed by atoms with Crippen molar-refractivity contribution < 1.29 is 24.5 Å². The van der Waals surface area contributed by atoms with Crippen molar-refractivity contribution in [3.8, 4) is 0 Å². The summed E-state index contributed by atoms with van der Waals surface area (Å²) in [5.74, 6) is -0.0869. The third kappa shape index (κ3) is 52.0. The number of amides is 1. The number of carbonyl (C=O) groups excluding carboxylic acids is 2. The molecule has 392 valence electrons. The Morgan fingerprint density at radius 3 is 1.08 bits per heavy atom. The lowest BCUT2D eigenvalue weighted by Gasteiger charge is -2.22. The molecule has 0 aliphatic rings. The van der Waals surface area contributed by atoms with E-state index in [4.69, 9.17) is 4.74 Å². The maximum absolute atomic E-state index is 12.5. The molecule has 0 aliphatic heterocycles. The van der Waals surface area contributed by atoms with Gasteiger partial charge in [0.05, 0.1) is 25.4 Å². The van der Waals surface area contributed by atoms with Gasteiger partial charge in [-0.1, -0.05) is 283 Å². The molecule has 1 amide bonds. The topological polar surface area (TPSA) is 95.9 Å². The lowest BCUT2D eigenvalue weighted by molar-refractivity contribution is -0.143. The van der Waals surface area contributed by atoms with Gasteiger partial charge in [0, 0.05) is 12.8 Å². The minimum Gasteiger partial charge on any atom is -0.466 e. The number of allylic oxidation sites excluding steroid dienone is 2. The zero-order valence-electron chi connectivity index (χ0n) is 44.7. The van der Waals surface area contributed by atoms with Crippen LogP contribution in [0, 0.1) is 0 Å². The second kappa shape index (κ2) is 56.2. The van der Waals surface area contributed by atoms with E-state index in [1.807, 2.05) is 0 Å². The van der Waals surface area contributed by atoms with Crippen LogP contribution in [0.4, 0.5) is 0 Å². The van der Waals surface area contributed by atoms with Crippen molar-refractivity contribution in [1.82, 2.24) is 5.32 Å². The maximum atomic E-state index is 12.5. The molecule has 0 spiro atoms. The minimum atomic E-state index is -0.683. The molecule has 2 atom stereocenters. The number of aliphatic hydroxyl groups is 2. The Kier molecular flexibility index (Phi) is 55.0. The van der Waals surface area contributed by atoms with Crippen molar-refractivity contribution in [3.63, 3.8) is 0 Å². The number of unbranched alkanes of at least 4 members (excludes halogenated alkanes) is 43. The molecule has 2 unspecified atom stereocenters. The Morgan fingerprint density at radius 2 is 0.712 bits per heavy atom. The van der Waals surface area contributed by atoms with E-state index in [0.29, 0.717) is 25.9 Å². The highest BCUT2D eigenvalue weighted by atomic mass is 16.5. The fraction of sp³-hybridized carbons (Fsp3) is 0.933. The van der Waals surface area contributed by atoms with Crippen LogP contribution < -0.4 is 5.32 Å². The SMILES string of the molecule is CCCCCCCCCCCCCCCCCCCCCCCCCC(O)C(CO)NC(=O)CCCCCCC/C=C\CCCCOC(=O)CCCCCCCCCCCCCCCCC. The molecule has 0 rings (SSSR count). The molecule has 6 heteroatoms. The van der Waals surface area contributed by atoms with Crippen molar-refractivity contribution >= 4 is 11.9 Å². The average Bonchev–Trinajstić information content (AvgIpc) is 3.32. The van der Waals surface area contributed by atoms with Crippen LogP contribution in [0.25, 0.3) is 0 Å². The van der Waals surface area contributed by atoms with Gasteiger partial charge in [-0.05, 0) is 51.4 Å². The zero-order valence-corrected chi connectivity index (χ0v) is 44.7. The average molecular weight is 933 g/mol. The van der Waals surface area contributed by atoms with E-state index in [0.717, 1.165) is 77.0 Å². The minimum absolute atomic E-state index is 0.0271. The van der Waals surface area contributed by atoms with Gasteiger partial charge in [0.1, 0.15) is 0 Å². The summed E-state index contributed by atoms with van der Waals surface area (Å²) >= 11 is 0. The highest BCUT2D eigenvalue weighted by Gasteiger charge is 2.20. The predicted octanol–water partition coefficient (Wildman–Crippen LogP) is 18.5. The van der Waals surface area contributed by atoms with Gasteiger partial charge in [-0.15, -0.1) is 0 Å². The second-order valence-corrected chi connectivity index (χ2v) is 20.7. The van der Waals surface area contributed by atoms with Gasteiger partial charge in [-0.25, -0.2) is 0 Å². The molecule has 0 bridgehead atoms. The standard InChI is InChI=1S/C60H117NO5/c1-3-5-7-9-11-13-15-17-19-20-21-22-23-24-25-26-28-29-32-36-40-44-48-52-58(63)57(56-62)61-59(64)53-49-45-41-37-33-31-35-39-43-47-51-55-66-60(65)54-50-46-42-38-34-30-27-18-16-14-12-10-8-6-4-2/h35,39,57-58,62-63H,3-34,36-38,40-56H2,1-2H3,(H,61,64)/b39-35-. The Labute approximate surface area is 412 Å². The largest absolute Gasteiger partial charge is 0.466 e. The maximum Gasteiger partial charge on any atom is 0.305 e. The lowest BCUT2D eigenvalue weighted by atomic mass is 10.0. The van der Waals surface area contributed by atoms with Gasteiger partial charge in [0.25, 0.3) is 0 Å². The number of aliphatic hydroxyl groups excluding tert-OH is 2. The van der Waals surface area contributed by atoms with E-state index >= 15 is 0 Å². The molecular weight excluding hydrogens is 815 g/mol.